The number of benzene rings is 1. The van der Waals surface area contributed by atoms with Gasteiger partial charge >= 0.3 is 0 Å². The zero-order valence-corrected chi connectivity index (χ0v) is 14.7. The molecule has 0 radical (unpaired) electrons. The molecule has 0 amide bonds. The number of rotatable bonds is 5. The van der Waals surface area contributed by atoms with Crippen LogP contribution in [-0.4, -0.2) is 41.0 Å². The van der Waals surface area contributed by atoms with Gasteiger partial charge in [-0.1, -0.05) is 12.1 Å². The van der Waals surface area contributed by atoms with Crippen molar-refractivity contribution < 1.29 is 9.13 Å². The molecule has 2 atom stereocenters. The van der Waals surface area contributed by atoms with Gasteiger partial charge in [-0.05, 0) is 49.9 Å². The number of aromatic nitrogens is 2. The minimum atomic E-state index is -0.161. The molecule has 1 aliphatic heterocycles. The van der Waals surface area contributed by atoms with Gasteiger partial charge in [-0.25, -0.2) is 4.39 Å². The molecule has 0 saturated carbocycles. The molecule has 2 heterocycles. The normalized spacial score (nSPS) is 22.0. The number of hydrogen-bond donors (Lipinski definition) is 0. The molecule has 4 nitrogen and oxygen atoms in total. The largest absolute Gasteiger partial charge is 0.380 e. The Morgan fingerprint density at radius 3 is 2.88 bits per heavy atom. The van der Waals surface area contributed by atoms with E-state index in [-0.39, 0.29) is 11.9 Å². The molecule has 130 valence electrons. The van der Waals surface area contributed by atoms with E-state index in [0.717, 1.165) is 38.0 Å². The van der Waals surface area contributed by atoms with Gasteiger partial charge in [0.2, 0.25) is 0 Å². The lowest BCUT2D eigenvalue weighted by Crippen LogP contribution is -2.45. The molecule has 1 fully saturated rings. The van der Waals surface area contributed by atoms with Crippen LogP contribution in [0.15, 0.2) is 30.5 Å². The van der Waals surface area contributed by atoms with E-state index in [1.807, 2.05) is 24.0 Å². The summed E-state index contributed by atoms with van der Waals surface area (Å²) in [6.45, 7) is 4.96. The van der Waals surface area contributed by atoms with Crippen LogP contribution in [0.25, 0.3) is 0 Å². The monoisotopic (exact) mass is 331 g/mol. The second-order valence-electron chi connectivity index (χ2n) is 6.77. The van der Waals surface area contributed by atoms with E-state index in [4.69, 9.17) is 4.74 Å². The van der Waals surface area contributed by atoms with E-state index in [2.05, 4.69) is 16.9 Å². The van der Waals surface area contributed by atoms with E-state index >= 15 is 0 Å². The van der Waals surface area contributed by atoms with Crippen molar-refractivity contribution in [3.8, 4) is 0 Å². The summed E-state index contributed by atoms with van der Waals surface area (Å²) in [5, 5.41) is 4.32. The van der Waals surface area contributed by atoms with Gasteiger partial charge in [0.15, 0.2) is 0 Å². The molecule has 0 unspecified atom stereocenters. The van der Waals surface area contributed by atoms with Crippen LogP contribution in [0.2, 0.25) is 0 Å². The fraction of sp³-hybridized carbons (Fsp3) is 0.526. The topological polar surface area (TPSA) is 30.3 Å². The average Bonchev–Trinajstić information content (AvgIpc) is 2.88. The van der Waals surface area contributed by atoms with Crippen molar-refractivity contribution in [1.29, 1.82) is 0 Å². The Kier molecular flexibility index (Phi) is 5.31. The van der Waals surface area contributed by atoms with Crippen molar-refractivity contribution in [3.63, 3.8) is 0 Å². The van der Waals surface area contributed by atoms with Crippen LogP contribution >= 0.6 is 0 Å². The van der Waals surface area contributed by atoms with E-state index in [0.29, 0.717) is 5.92 Å². The lowest BCUT2D eigenvalue weighted by Gasteiger charge is -2.38. The van der Waals surface area contributed by atoms with Crippen molar-refractivity contribution in [2.75, 3.05) is 20.2 Å². The molecule has 1 aromatic heterocycles. The van der Waals surface area contributed by atoms with Gasteiger partial charge in [-0.3, -0.25) is 9.58 Å². The van der Waals surface area contributed by atoms with Crippen LogP contribution in [0.1, 0.15) is 23.2 Å². The first kappa shape index (κ1) is 17.1. The fourth-order valence-corrected chi connectivity index (χ4v) is 3.58. The van der Waals surface area contributed by atoms with Crippen molar-refractivity contribution in [2.24, 2.45) is 13.0 Å². The zero-order chi connectivity index (χ0) is 17.1. The lowest BCUT2D eigenvalue weighted by molar-refractivity contribution is -0.0136. The van der Waals surface area contributed by atoms with E-state index < -0.39 is 0 Å². The van der Waals surface area contributed by atoms with Crippen molar-refractivity contribution in [2.45, 2.75) is 32.4 Å². The lowest BCUT2D eigenvalue weighted by atomic mass is 9.87. The highest BCUT2D eigenvalue weighted by molar-refractivity contribution is 5.18. The Morgan fingerprint density at radius 2 is 2.21 bits per heavy atom. The standard InChI is InChI=1S/C19H26FN3O/c1-14-17(11-21-22(14)2)12-23-8-7-16(19(13-23)24-3)9-15-5-4-6-18(20)10-15/h4-6,10-11,16,19H,7-9,12-13H2,1-3H3/t16-,19-/m1/s1. The Labute approximate surface area is 143 Å². The first-order valence-electron chi connectivity index (χ1n) is 8.54. The smallest absolute Gasteiger partial charge is 0.123 e. The maximum Gasteiger partial charge on any atom is 0.123 e. The quantitative estimate of drug-likeness (QED) is 0.844. The summed E-state index contributed by atoms with van der Waals surface area (Å²) in [7, 11) is 3.75. The van der Waals surface area contributed by atoms with Gasteiger partial charge in [-0.15, -0.1) is 0 Å². The van der Waals surface area contributed by atoms with E-state index in [1.54, 1.807) is 19.2 Å². The number of aryl methyl sites for hydroxylation is 1. The van der Waals surface area contributed by atoms with Crippen molar-refractivity contribution in [1.82, 2.24) is 14.7 Å². The number of nitrogens with zero attached hydrogens (tertiary/aromatic N) is 3. The van der Waals surface area contributed by atoms with Crippen LogP contribution in [0.5, 0.6) is 0 Å². The molecule has 1 aromatic carbocycles. The summed E-state index contributed by atoms with van der Waals surface area (Å²) in [6, 6.07) is 6.92. The molecule has 0 bridgehead atoms. The summed E-state index contributed by atoms with van der Waals surface area (Å²) in [4.78, 5) is 2.43. The third-order valence-electron chi connectivity index (χ3n) is 5.20. The summed E-state index contributed by atoms with van der Waals surface area (Å²) < 4.78 is 21.1. The third kappa shape index (κ3) is 3.84. The van der Waals surface area contributed by atoms with Gasteiger partial charge in [0, 0.05) is 38.5 Å². The second-order valence-corrected chi connectivity index (χ2v) is 6.77. The maximum absolute atomic E-state index is 13.4. The summed E-state index contributed by atoms with van der Waals surface area (Å²) in [6.07, 6.45) is 4.07. The fourth-order valence-electron chi connectivity index (χ4n) is 3.58. The Morgan fingerprint density at radius 1 is 1.38 bits per heavy atom. The number of ether oxygens (including phenoxy) is 1. The van der Waals surface area contributed by atoms with Crippen LogP contribution < -0.4 is 0 Å². The minimum absolute atomic E-state index is 0.161. The first-order valence-corrected chi connectivity index (χ1v) is 8.54. The van der Waals surface area contributed by atoms with Gasteiger partial charge in [0.1, 0.15) is 5.82 Å². The summed E-state index contributed by atoms with van der Waals surface area (Å²) in [5.41, 5.74) is 3.54. The molecule has 5 heteroatoms. The Balaban J connectivity index is 1.62. The van der Waals surface area contributed by atoms with Gasteiger partial charge in [0.05, 0.1) is 12.3 Å². The van der Waals surface area contributed by atoms with Gasteiger partial charge < -0.3 is 4.74 Å². The van der Waals surface area contributed by atoms with Crippen LogP contribution in [0, 0.1) is 18.7 Å². The molecule has 0 N–H and O–H groups in total. The number of piperidine rings is 1. The number of likely N-dealkylation sites (tertiary alicyclic amines) is 1. The molecule has 0 aliphatic carbocycles. The predicted octanol–water partition coefficient (Wildman–Crippen LogP) is 2.95. The number of hydrogen-bond acceptors (Lipinski definition) is 3. The molecule has 1 saturated heterocycles. The first-order chi connectivity index (χ1) is 11.6. The SMILES string of the molecule is CO[C@@H]1CN(Cc2cnn(C)c2C)CC[C@@H]1Cc1cccc(F)c1. The number of methoxy groups -OCH3 is 1. The van der Waals surface area contributed by atoms with Crippen molar-refractivity contribution >= 4 is 0 Å². The molecular formula is C19H26FN3O. The molecule has 24 heavy (non-hydrogen) atoms. The third-order valence-corrected chi connectivity index (χ3v) is 5.20. The Hall–Kier alpha value is -1.72. The summed E-state index contributed by atoms with van der Waals surface area (Å²) in [5.74, 6) is 0.272. The van der Waals surface area contributed by atoms with Crippen molar-refractivity contribution in [3.05, 3.63) is 53.1 Å². The summed E-state index contributed by atoms with van der Waals surface area (Å²) >= 11 is 0. The molecule has 2 aromatic rings. The van der Waals surface area contributed by atoms with E-state index in [1.165, 1.54) is 17.3 Å². The molecule has 3 rings (SSSR count). The molecule has 1 aliphatic rings. The second kappa shape index (κ2) is 7.45. The zero-order valence-electron chi connectivity index (χ0n) is 14.7. The van der Waals surface area contributed by atoms with E-state index in [9.17, 15) is 4.39 Å². The van der Waals surface area contributed by atoms with Crippen LogP contribution in [-0.2, 0) is 24.8 Å². The number of halogens is 1. The van der Waals surface area contributed by atoms with Crippen LogP contribution in [0.4, 0.5) is 4.39 Å². The molecular weight excluding hydrogens is 305 g/mol. The highest BCUT2D eigenvalue weighted by Crippen LogP contribution is 2.26. The average molecular weight is 331 g/mol. The Bertz CT molecular complexity index is 685. The van der Waals surface area contributed by atoms with Crippen LogP contribution in [0.3, 0.4) is 0 Å². The predicted molar refractivity (Wildman–Crippen MR) is 92.2 cm³/mol. The van der Waals surface area contributed by atoms with Gasteiger partial charge in [-0.2, -0.15) is 5.10 Å². The maximum atomic E-state index is 13.4. The minimum Gasteiger partial charge on any atom is -0.380 e. The molecule has 0 spiro atoms. The van der Waals surface area contributed by atoms with Gasteiger partial charge in [0.25, 0.3) is 0 Å². The highest BCUT2D eigenvalue weighted by Gasteiger charge is 2.29. The highest BCUT2D eigenvalue weighted by atomic mass is 19.1.